The number of hydrogen-bond acceptors (Lipinski definition) is 2. The van der Waals surface area contributed by atoms with E-state index in [0.29, 0.717) is 12.1 Å². The molecule has 0 unspecified atom stereocenters. The first-order valence-corrected chi connectivity index (χ1v) is 6.21. The predicted octanol–water partition coefficient (Wildman–Crippen LogP) is 2.81. The molecule has 0 saturated heterocycles. The molecule has 0 fully saturated rings. The van der Waals surface area contributed by atoms with Crippen LogP contribution >= 0.6 is 0 Å². The first kappa shape index (κ1) is 13.2. The van der Waals surface area contributed by atoms with Crippen LogP contribution in [0.2, 0.25) is 0 Å². The first-order valence-electron chi connectivity index (χ1n) is 6.21. The fourth-order valence-electron chi connectivity index (χ4n) is 2.26. The Morgan fingerprint density at radius 3 is 2.25 bits per heavy atom. The van der Waals surface area contributed by atoms with Crippen LogP contribution in [0.4, 0.5) is 0 Å². The molecule has 0 aliphatic heterocycles. The Hall–Kier alpha value is -0.860. The minimum atomic E-state index is 0.491. The lowest BCUT2D eigenvalue weighted by molar-refractivity contribution is 0.154. The number of nitrogens with zero attached hydrogens (tertiary/aromatic N) is 1. The van der Waals surface area contributed by atoms with Gasteiger partial charge in [0.2, 0.25) is 0 Å². The molecule has 0 heterocycles. The molecule has 0 aliphatic carbocycles. The lowest BCUT2D eigenvalue weighted by Gasteiger charge is -2.34. The van der Waals surface area contributed by atoms with Crippen molar-refractivity contribution in [3.05, 3.63) is 35.9 Å². The molecule has 2 N–H and O–H groups in total. The second kappa shape index (κ2) is 6.66. The highest BCUT2D eigenvalue weighted by atomic mass is 15.2. The van der Waals surface area contributed by atoms with Crippen molar-refractivity contribution in [2.24, 2.45) is 5.73 Å². The zero-order chi connectivity index (χ0) is 12.0. The van der Waals surface area contributed by atoms with E-state index < -0.39 is 0 Å². The fraction of sp³-hybridized carbons (Fsp3) is 0.571. The second-order valence-corrected chi connectivity index (χ2v) is 4.45. The van der Waals surface area contributed by atoms with Crippen LogP contribution in [0.25, 0.3) is 0 Å². The van der Waals surface area contributed by atoms with E-state index in [2.05, 4.69) is 56.0 Å². The van der Waals surface area contributed by atoms with Crippen LogP contribution in [0.5, 0.6) is 0 Å². The number of benzene rings is 1. The zero-order valence-electron chi connectivity index (χ0n) is 10.7. The highest BCUT2D eigenvalue weighted by molar-refractivity contribution is 5.19. The highest BCUT2D eigenvalue weighted by Gasteiger charge is 2.20. The molecule has 0 radical (unpaired) electrons. The third-order valence-electron chi connectivity index (χ3n) is 3.02. The van der Waals surface area contributed by atoms with Crippen LogP contribution in [-0.2, 0) is 0 Å². The quantitative estimate of drug-likeness (QED) is 0.798. The molecule has 1 aromatic rings. The Morgan fingerprint density at radius 1 is 1.19 bits per heavy atom. The Labute approximate surface area is 99.5 Å². The van der Waals surface area contributed by atoms with Gasteiger partial charge >= 0.3 is 0 Å². The largest absolute Gasteiger partial charge is 0.329 e. The summed E-state index contributed by atoms with van der Waals surface area (Å²) in [6, 6.07) is 11.7. The van der Waals surface area contributed by atoms with Gasteiger partial charge in [0.05, 0.1) is 0 Å². The summed E-state index contributed by atoms with van der Waals surface area (Å²) in [4.78, 5) is 2.48. The molecule has 0 saturated carbocycles. The molecule has 16 heavy (non-hydrogen) atoms. The van der Waals surface area contributed by atoms with Gasteiger partial charge in [-0.15, -0.1) is 0 Å². The maximum Gasteiger partial charge on any atom is 0.0348 e. The zero-order valence-corrected chi connectivity index (χ0v) is 10.7. The third-order valence-corrected chi connectivity index (χ3v) is 3.02. The van der Waals surface area contributed by atoms with Gasteiger partial charge in [-0.05, 0) is 25.8 Å². The van der Waals surface area contributed by atoms with Crippen molar-refractivity contribution in [3.8, 4) is 0 Å². The average molecular weight is 220 g/mol. The standard InChI is InChI=1S/C14H24N2/c1-4-14(13-8-6-5-7-9-13)16(11-10-15)12(2)3/h5-9,12,14H,4,10-11,15H2,1-3H3/t14-/m1/s1. The lowest BCUT2D eigenvalue weighted by Crippen LogP contribution is -2.38. The molecule has 1 aromatic carbocycles. The summed E-state index contributed by atoms with van der Waals surface area (Å²) >= 11 is 0. The van der Waals surface area contributed by atoms with Gasteiger partial charge in [0, 0.05) is 25.2 Å². The SMILES string of the molecule is CC[C@H](c1ccccc1)N(CCN)C(C)C. The van der Waals surface area contributed by atoms with Crippen LogP contribution < -0.4 is 5.73 Å². The molecule has 1 rings (SSSR count). The molecule has 0 aromatic heterocycles. The summed E-state index contributed by atoms with van der Waals surface area (Å²) in [7, 11) is 0. The van der Waals surface area contributed by atoms with E-state index in [9.17, 15) is 0 Å². The van der Waals surface area contributed by atoms with Crippen molar-refractivity contribution < 1.29 is 0 Å². The van der Waals surface area contributed by atoms with Crippen LogP contribution in [0, 0.1) is 0 Å². The first-order chi connectivity index (χ1) is 7.70. The predicted molar refractivity (Wildman–Crippen MR) is 70.4 cm³/mol. The summed E-state index contributed by atoms with van der Waals surface area (Å²) in [6.45, 7) is 8.40. The van der Waals surface area contributed by atoms with E-state index in [4.69, 9.17) is 5.73 Å². The van der Waals surface area contributed by atoms with E-state index >= 15 is 0 Å². The molecular formula is C14H24N2. The molecular weight excluding hydrogens is 196 g/mol. The van der Waals surface area contributed by atoms with Gasteiger partial charge < -0.3 is 5.73 Å². The fourth-order valence-corrected chi connectivity index (χ4v) is 2.26. The van der Waals surface area contributed by atoms with Crippen LogP contribution in [0.1, 0.15) is 38.8 Å². The van der Waals surface area contributed by atoms with Gasteiger partial charge in [-0.25, -0.2) is 0 Å². The highest BCUT2D eigenvalue weighted by Crippen LogP contribution is 2.25. The number of nitrogens with two attached hydrogens (primary N) is 1. The molecule has 0 amide bonds. The molecule has 0 aliphatic rings. The Bertz CT molecular complexity index is 282. The minimum Gasteiger partial charge on any atom is -0.329 e. The van der Waals surface area contributed by atoms with Gasteiger partial charge in [0.25, 0.3) is 0 Å². The van der Waals surface area contributed by atoms with Crippen molar-refractivity contribution >= 4 is 0 Å². The smallest absolute Gasteiger partial charge is 0.0348 e. The number of hydrogen-bond donors (Lipinski definition) is 1. The van der Waals surface area contributed by atoms with E-state index in [1.165, 1.54) is 5.56 Å². The van der Waals surface area contributed by atoms with E-state index in [1.807, 2.05) is 0 Å². The molecule has 2 nitrogen and oxygen atoms in total. The monoisotopic (exact) mass is 220 g/mol. The maximum atomic E-state index is 5.70. The summed E-state index contributed by atoms with van der Waals surface area (Å²) < 4.78 is 0. The Balaban J connectivity index is 2.86. The van der Waals surface area contributed by atoms with E-state index in [1.54, 1.807) is 0 Å². The summed E-state index contributed by atoms with van der Waals surface area (Å²) in [6.07, 6.45) is 1.13. The Morgan fingerprint density at radius 2 is 1.81 bits per heavy atom. The Kier molecular flexibility index (Phi) is 5.50. The van der Waals surface area contributed by atoms with Crippen molar-refractivity contribution in [2.45, 2.75) is 39.3 Å². The van der Waals surface area contributed by atoms with Crippen LogP contribution in [0.15, 0.2) is 30.3 Å². The molecule has 2 heteroatoms. The number of rotatable bonds is 6. The molecule has 0 spiro atoms. The maximum absolute atomic E-state index is 5.70. The van der Waals surface area contributed by atoms with Crippen molar-refractivity contribution in [1.82, 2.24) is 4.90 Å². The van der Waals surface area contributed by atoms with Gasteiger partial charge in [-0.3, -0.25) is 4.90 Å². The van der Waals surface area contributed by atoms with Crippen LogP contribution in [-0.4, -0.2) is 24.0 Å². The second-order valence-electron chi connectivity index (χ2n) is 4.45. The van der Waals surface area contributed by atoms with Gasteiger partial charge in [0.15, 0.2) is 0 Å². The average Bonchev–Trinajstić information content (AvgIpc) is 2.30. The van der Waals surface area contributed by atoms with Crippen molar-refractivity contribution in [3.63, 3.8) is 0 Å². The van der Waals surface area contributed by atoms with Gasteiger partial charge in [-0.2, -0.15) is 0 Å². The summed E-state index contributed by atoms with van der Waals surface area (Å²) in [5, 5.41) is 0. The minimum absolute atomic E-state index is 0.491. The third kappa shape index (κ3) is 3.32. The van der Waals surface area contributed by atoms with Crippen molar-refractivity contribution in [2.75, 3.05) is 13.1 Å². The van der Waals surface area contributed by atoms with Gasteiger partial charge in [-0.1, -0.05) is 37.3 Å². The summed E-state index contributed by atoms with van der Waals surface area (Å²) in [5.74, 6) is 0. The van der Waals surface area contributed by atoms with Crippen LogP contribution in [0.3, 0.4) is 0 Å². The normalized spacial score (nSPS) is 13.4. The van der Waals surface area contributed by atoms with Crippen molar-refractivity contribution in [1.29, 1.82) is 0 Å². The van der Waals surface area contributed by atoms with E-state index in [-0.39, 0.29) is 0 Å². The molecule has 0 bridgehead atoms. The van der Waals surface area contributed by atoms with E-state index in [0.717, 1.165) is 19.5 Å². The molecule has 1 atom stereocenters. The topological polar surface area (TPSA) is 29.3 Å². The van der Waals surface area contributed by atoms with Gasteiger partial charge in [0.1, 0.15) is 0 Å². The molecule has 90 valence electrons. The lowest BCUT2D eigenvalue weighted by atomic mass is 10.0. The summed E-state index contributed by atoms with van der Waals surface area (Å²) in [5.41, 5.74) is 7.09.